The van der Waals surface area contributed by atoms with E-state index in [0.29, 0.717) is 23.2 Å². The number of nitrogens with one attached hydrogen (secondary N) is 1. The maximum atomic E-state index is 12.9. The van der Waals surface area contributed by atoms with Crippen molar-refractivity contribution in [2.24, 2.45) is 5.92 Å². The summed E-state index contributed by atoms with van der Waals surface area (Å²) in [7, 11) is 1.19. The van der Waals surface area contributed by atoms with E-state index in [1.807, 2.05) is 0 Å². The van der Waals surface area contributed by atoms with Crippen LogP contribution in [-0.4, -0.2) is 51.0 Å². The number of hydrogen-bond donors (Lipinski definition) is 2. The fraction of sp³-hybridized carbons (Fsp3) is 0.421. The molecule has 144 valence electrons. The summed E-state index contributed by atoms with van der Waals surface area (Å²) in [5.74, 6) is -0.0312. The number of hydrogen-bond acceptors (Lipinski definition) is 7. The lowest BCUT2D eigenvalue weighted by molar-refractivity contribution is -0.149. The quantitative estimate of drug-likeness (QED) is 0.719. The van der Waals surface area contributed by atoms with Crippen LogP contribution in [0.1, 0.15) is 46.6 Å². The molecule has 2 aliphatic carbocycles. The molecule has 0 spiro atoms. The molecule has 28 heavy (non-hydrogen) atoms. The molecule has 0 aliphatic heterocycles. The van der Waals surface area contributed by atoms with Crippen molar-refractivity contribution in [3.63, 3.8) is 0 Å². The van der Waals surface area contributed by atoms with Crippen LogP contribution in [0.5, 0.6) is 0 Å². The maximum absolute atomic E-state index is 12.9. The van der Waals surface area contributed by atoms with Gasteiger partial charge in [-0.3, -0.25) is 4.79 Å². The predicted octanol–water partition coefficient (Wildman–Crippen LogP) is 0.452. The molecule has 1 fully saturated rings. The van der Waals surface area contributed by atoms with Crippen LogP contribution in [0, 0.1) is 17.2 Å². The predicted molar refractivity (Wildman–Crippen MR) is 95.6 cm³/mol. The Labute approximate surface area is 160 Å². The Morgan fingerprint density at radius 3 is 3.00 bits per heavy atom. The zero-order valence-electron chi connectivity index (χ0n) is 15.5. The van der Waals surface area contributed by atoms with Crippen LogP contribution in [0.4, 0.5) is 0 Å². The smallest absolute Gasteiger partial charge is 0.333 e. The topological polar surface area (TPSA) is 130 Å². The zero-order valence-corrected chi connectivity index (χ0v) is 15.5. The van der Waals surface area contributed by atoms with Crippen LogP contribution >= 0.6 is 0 Å². The molecular weight excluding hydrogens is 362 g/mol. The van der Waals surface area contributed by atoms with Crippen molar-refractivity contribution in [3.05, 3.63) is 40.8 Å². The lowest BCUT2D eigenvalue weighted by Gasteiger charge is -2.25. The first-order valence-corrected chi connectivity index (χ1v) is 8.92. The Bertz CT molecular complexity index is 1020. The van der Waals surface area contributed by atoms with Gasteiger partial charge in [-0.2, -0.15) is 10.4 Å². The number of pyridine rings is 1. The summed E-state index contributed by atoms with van der Waals surface area (Å²) in [6.45, 7) is 0.786. The maximum Gasteiger partial charge on any atom is 0.333 e. The molecule has 0 saturated heterocycles. The number of carbonyl (C=O) groups is 2. The second-order valence-corrected chi connectivity index (χ2v) is 7.38. The average Bonchev–Trinajstić information content (AvgIpc) is 3.21. The molecule has 0 bridgehead atoms. The fourth-order valence-corrected chi connectivity index (χ4v) is 3.77. The Balaban J connectivity index is 1.73. The van der Waals surface area contributed by atoms with E-state index >= 15 is 0 Å². The van der Waals surface area contributed by atoms with Crippen molar-refractivity contribution in [3.8, 4) is 11.9 Å². The first-order chi connectivity index (χ1) is 13.4. The lowest BCUT2D eigenvalue weighted by atomic mass is 10.0. The van der Waals surface area contributed by atoms with Crippen LogP contribution in [0.15, 0.2) is 18.3 Å². The van der Waals surface area contributed by atoms with Crippen molar-refractivity contribution in [2.45, 2.75) is 31.2 Å². The highest BCUT2D eigenvalue weighted by molar-refractivity contribution is 5.98. The standard InChI is InChI=1S/C19H19N5O4/c1-19(9-25,18(27)28-2)22-17(26)15-13-7-11-6-12(11)16(13)24(23-15)14-5-10(8-20)3-4-21-14/h3-5,11-12,25H,6-7,9H2,1-2H3,(H,22,26)/t11-,12-,19?/m1/s1. The molecule has 0 radical (unpaired) electrons. The van der Waals surface area contributed by atoms with Crippen molar-refractivity contribution >= 4 is 11.9 Å². The minimum Gasteiger partial charge on any atom is -0.467 e. The third-order valence-corrected chi connectivity index (χ3v) is 5.41. The van der Waals surface area contributed by atoms with Gasteiger partial charge in [-0.05, 0) is 31.7 Å². The van der Waals surface area contributed by atoms with Crippen molar-refractivity contribution in [2.75, 3.05) is 13.7 Å². The van der Waals surface area contributed by atoms with Gasteiger partial charge < -0.3 is 15.2 Å². The number of ether oxygens (including phenoxy) is 1. The minimum absolute atomic E-state index is 0.204. The molecule has 9 heteroatoms. The van der Waals surface area contributed by atoms with Crippen LogP contribution in [0.25, 0.3) is 5.82 Å². The molecular formula is C19H19N5O4. The van der Waals surface area contributed by atoms with Gasteiger partial charge >= 0.3 is 5.97 Å². The number of esters is 1. The molecule has 2 aromatic heterocycles. The van der Waals surface area contributed by atoms with E-state index in [-0.39, 0.29) is 5.69 Å². The lowest BCUT2D eigenvalue weighted by Crippen LogP contribution is -2.55. The van der Waals surface area contributed by atoms with Crippen LogP contribution < -0.4 is 5.32 Å². The van der Waals surface area contributed by atoms with Crippen LogP contribution in [0.3, 0.4) is 0 Å². The van der Waals surface area contributed by atoms with Gasteiger partial charge in [0, 0.05) is 23.7 Å². The number of methoxy groups -OCH3 is 1. The summed E-state index contributed by atoms with van der Waals surface area (Å²) in [4.78, 5) is 29.2. The molecule has 2 aliphatic rings. The van der Waals surface area contributed by atoms with E-state index in [1.165, 1.54) is 20.2 Å². The average molecular weight is 381 g/mol. The van der Waals surface area contributed by atoms with E-state index in [4.69, 9.17) is 5.26 Å². The third kappa shape index (κ3) is 2.73. The number of fused-ring (bicyclic) bond motifs is 3. The fourth-order valence-electron chi connectivity index (χ4n) is 3.77. The molecule has 0 aromatic carbocycles. The second-order valence-electron chi connectivity index (χ2n) is 7.38. The van der Waals surface area contributed by atoms with E-state index < -0.39 is 24.0 Å². The number of nitrogens with zero attached hydrogens (tertiary/aromatic N) is 4. The highest BCUT2D eigenvalue weighted by Crippen LogP contribution is 2.57. The number of aliphatic hydroxyl groups excluding tert-OH is 1. The number of amides is 1. The van der Waals surface area contributed by atoms with E-state index in [2.05, 4.69) is 26.2 Å². The van der Waals surface area contributed by atoms with E-state index in [0.717, 1.165) is 24.1 Å². The highest BCUT2D eigenvalue weighted by atomic mass is 16.5. The SMILES string of the molecule is COC(=O)C(C)(CO)NC(=O)c1nn(-c2cc(C#N)ccn2)c2c1C[C@H]1C[C@@H]21. The van der Waals surface area contributed by atoms with Gasteiger partial charge in [0.2, 0.25) is 0 Å². The van der Waals surface area contributed by atoms with Crippen molar-refractivity contribution < 1.29 is 19.4 Å². The molecule has 1 saturated carbocycles. The highest BCUT2D eigenvalue weighted by Gasteiger charge is 2.50. The molecule has 2 N–H and O–H groups in total. The van der Waals surface area contributed by atoms with Gasteiger partial charge in [-0.1, -0.05) is 0 Å². The van der Waals surface area contributed by atoms with E-state index in [1.54, 1.807) is 16.8 Å². The number of aromatic nitrogens is 3. The van der Waals surface area contributed by atoms with Crippen molar-refractivity contribution in [1.82, 2.24) is 20.1 Å². The summed E-state index contributed by atoms with van der Waals surface area (Å²) in [6, 6.07) is 5.30. The third-order valence-electron chi connectivity index (χ3n) is 5.41. The van der Waals surface area contributed by atoms with Gasteiger partial charge in [-0.15, -0.1) is 0 Å². The summed E-state index contributed by atoms with van der Waals surface area (Å²) < 4.78 is 6.30. The molecule has 4 rings (SSSR count). The summed E-state index contributed by atoms with van der Waals surface area (Å²) in [6.07, 6.45) is 3.30. The minimum atomic E-state index is -1.57. The van der Waals surface area contributed by atoms with Gasteiger partial charge in [0.15, 0.2) is 17.1 Å². The van der Waals surface area contributed by atoms with E-state index in [9.17, 15) is 14.7 Å². The van der Waals surface area contributed by atoms with Gasteiger partial charge in [0.1, 0.15) is 0 Å². The summed E-state index contributed by atoms with van der Waals surface area (Å²) >= 11 is 0. The Morgan fingerprint density at radius 1 is 1.54 bits per heavy atom. The largest absolute Gasteiger partial charge is 0.467 e. The monoisotopic (exact) mass is 381 g/mol. The first-order valence-electron chi connectivity index (χ1n) is 8.92. The number of carbonyl (C=O) groups excluding carboxylic acids is 2. The molecule has 2 heterocycles. The zero-order chi connectivity index (χ0) is 20.1. The molecule has 1 unspecified atom stereocenters. The normalized spacial score (nSPS) is 21.1. The van der Waals surface area contributed by atoms with Crippen molar-refractivity contribution in [1.29, 1.82) is 5.26 Å². The Morgan fingerprint density at radius 2 is 2.32 bits per heavy atom. The first kappa shape index (κ1) is 18.1. The summed E-state index contributed by atoms with van der Waals surface area (Å²) in [5.41, 5.74) is 0.844. The molecule has 9 nitrogen and oxygen atoms in total. The van der Waals surface area contributed by atoms with Crippen LogP contribution in [-0.2, 0) is 16.0 Å². The van der Waals surface area contributed by atoms with Gasteiger partial charge in [0.05, 0.1) is 31.0 Å². The summed E-state index contributed by atoms with van der Waals surface area (Å²) in [5, 5.41) is 25.7. The second kappa shape index (κ2) is 6.42. The number of aliphatic hydroxyl groups is 1. The Hall–Kier alpha value is -3.25. The Kier molecular flexibility index (Phi) is 4.16. The number of nitriles is 1. The van der Waals surface area contributed by atoms with Gasteiger partial charge in [0.25, 0.3) is 5.91 Å². The van der Waals surface area contributed by atoms with Gasteiger partial charge in [-0.25, -0.2) is 14.5 Å². The molecule has 1 amide bonds. The van der Waals surface area contributed by atoms with Crippen LogP contribution in [0.2, 0.25) is 0 Å². The molecule has 2 aromatic rings. The molecule has 3 atom stereocenters. The number of rotatable bonds is 5.